The first-order chi connectivity index (χ1) is 13.0. The first-order valence-corrected chi connectivity index (χ1v) is 9.97. The highest BCUT2D eigenvalue weighted by molar-refractivity contribution is 9.10. The Morgan fingerprint density at radius 3 is 2.67 bits per heavy atom. The molecule has 1 N–H and O–H groups in total. The Hall–Kier alpha value is -2.25. The summed E-state index contributed by atoms with van der Waals surface area (Å²) >= 11 is 4.80. The smallest absolute Gasteiger partial charge is 0.264 e. The van der Waals surface area contributed by atoms with Crippen LogP contribution in [0.15, 0.2) is 50.8 Å². The molecule has 1 amide bonds. The zero-order valence-electron chi connectivity index (χ0n) is 15.2. The molecule has 2 aromatic rings. The maximum atomic E-state index is 12.3. The van der Waals surface area contributed by atoms with Crippen molar-refractivity contribution in [1.29, 1.82) is 0 Å². The summed E-state index contributed by atoms with van der Waals surface area (Å²) in [4.78, 5) is 17.4. The number of amidine groups is 1. The Balaban J connectivity index is 1.87. The minimum atomic E-state index is -0.171. The van der Waals surface area contributed by atoms with Crippen LogP contribution in [0.4, 0.5) is 5.69 Å². The Morgan fingerprint density at radius 1 is 1.26 bits per heavy atom. The molecule has 1 aliphatic rings. The summed E-state index contributed by atoms with van der Waals surface area (Å²) in [6.45, 7) is 4.45. The Bertz CT molecular complexity index is 924. The molecule has 2 aromatic carbocycles. The van der Waals surface area contributed by atoms with Crippen molar-refractivity contribution in [1.82, 2.24) is 5.32 Å². The summed E-state index contributed by atoms with van der Waals surface area (Å²) in [5, 5.41) is 3.37. The van der Waals surface area contributed by atoms with Gasteiger partial charge in [-0.3, -0.25) is 4.79 Å². The van der Waals surface area contributed by atoms with Crippen molar-refractivity contribution >= 4 is 50.5 Å². The van der Waals surface area contributed by atoms with Crippen LogP contribution in [0.5, 0.6) is 11.5 Å². The van der Waals surface area contributed by atoms with Crippen LogP contribution in [0, 0.1) is 6.92 Å². The van der Waals surface area contributed by atoms with E-state index in [9.17, 15) is 4.79 Å². The van der Waals surface area contributed by atoms with Gasteiger partial charge in [0.25, 0.3) is 5.91 Å². The molecule has 3 rings (SSSR count). The zero-order valence-corrected chi connectivity index (χ0v) is 17.6. The number of nitrogens with zero attached hydrogens (tertiary/aromatic N) is 1. The molecule has 7 heteroatoms. The SMILES string of the molecule is CCOc1cc(/C=C2\SC(=Nc3ccc(C)cc3)NC2=O)cc(Br)c1OC. The molecule has 1 aliphatic heterocycles. The van der Waals surface area contributed by atoms with Crippen LogP contribution < -0.4 is 14.8 Å². The van der Waals surface area contributed by atoms with Gasteiger partial charge in [0, 0.05) is 0 Å². The van der Waals surface area contributed by atoms with Gasteiger partial charge in [-0.1, -0.05) is 17.7 Å². The van der Waals surface area contributed by atoms with E-state index in [1.807, 2.05) is 56.3 Å². The molecule has 0 unspecified atom stereocenters. The molecule has 0 atom stereocenters. The number of ether oxygens (including phenoxy) is 2. The van der Waals surface area contributed by atoms with Gasteiger partial charge in [0.15, 0.2) is 16.7 Å². The lowest BCUT2D eigenvalue weighted by atomic mass is 10.2. The topological polar surface area (TPSA) is 59.9 Å². The van der Waals surface area contributed by atoms with Gasteiger partial charge in [-0.05, 0) is 77.4 Å². The Kier molecular flexibility index (Phi) is 6.23. The largest absolute Gasteiger partial charge is 0.492 e. The van der Waals surface area contributed by atoms with Crippen molar-refractivity contribution in [2.24, 2.45) is 4.99 Å². The minimum absolute atomic E-state index is 0.171. The number of amides is 1. The van der Waals surface area contributed by atoms with Gasteiger partial charge in [0.1, 0.15) is 0 Å². The number of rotatable bonds is 5. The second kappa shape index (κ2) is 8.63. The lowest BCUT2D eigenvalue weighted by molar-refractivity contribution is -0.115. The van der Waals surface area contributed by atoms with E-state index in [1.54, 1.807) is 7.11 Å². The number of aliphatic imine (C=N–C) groups is 1. The fourth-order valence-corrected chi connectivity index (χ4v) is 3.96. The molecular weight excluding hydrogens is 428 g/mol. The van der Waals surface area contributed by atoms with E-state index < -0.39 is 0 Å². The van der Waals surface area contributed by atoms with Gasteiger partial charge in [-0.25, -0.2) is 4.99 Å². The van der Waals surface area contributed by atoms with Gasteiger partial charge < -0.3 is 14.8 Å². The lowest BCUT2D eigenvalue weighted by Gasteiger charge is -2.12. The molecular formula is C20H19BrN2O3S. The summed E-state index contributed by atoms with van der Waals surface area (Å²) in [6, 6.07) is 11.6. The quantitative estimate of drug-likeness (QED) is 0.652. The third-order valence-electron chi connectivity index (χ3n) is 3.75. The number of halogens is 1. The second-order valence-electron chi connectivity index (χ2n) is 5.78. The molecule has 0 saturated carbocycles. The van der Waals surface area contributed by atoms with Crippen LogP contribution in [-0.4, -0.2) is 24.8 Å². The van der Waals surface area contributed by atoms with Crippen molar-refractivity contribution in [3.63, 3.8) is 0 Å². The number of nitrogens with one attached hydrogen (secondary N) is 1. The monoisotopic (exact) mass is 446 g/mol. The Morgan fingerprint density at radius 2 is 2.00 bits per heavy atom. The zero-order chi connectivity index (χ0) is 19.4. The minimum Gasteiger partial charge on any atom is -0.492 e. The molecule has 0 spiro atoms. The maximum Gasteiger partial charge on any atom is 0.264 e. The van der Waals surface area contributed by atoms with Crippen LogP contribution in [0.25, 0.3) is 6.08 Å². The van der Waals surface area contributed by atoms with Crippen molar-refractivity contribution in [3.8, 4) is 11.5 Å². The van der Waals surface area contributed by atoms with Crippen LogP contribution in [0.2, 0.25) is 0 Å². The van der Waals surface area contributed by atoms with Gasteiger partial charge in [-0.15, -0.1) is 0 Å². The highest BCUT2D eigenvalue weighted by atomic mass is 79.9. The van der Waals surface area contributed by atoms with Crippen molar-refractivity contribution in [3.05, 3.63) is 56.9 Å². The average Bonchev–Trinajstić information content (AvgIpc) is 2.96. The number of benzene rings is 2. The highest BCUT2D eigenvalue weighted by Gasteiger charge is 2.24. The second-order valence-corrected chi connectivity index (χ2v) is 7.67. The van der Waals surface area contributed by atoms with Crippen LogP contribution in [0.1, 0.15) is 18.1 Å². The molecule has 1 saturated heterocycles. The van der Waals surface area contributed by atoms with Crippen molar-refractivity contribution in [2.45, 2.75) is 13.8 Å². The van der Waals surface area contributed by atoms with Gasteiger partial charge in [0.2, 0.25) is 0 Å². The van der Waals surface area contributed by atoms with Crippen molar-refractivity contribution in [2.75, 3.05) is 13.7 Å². The van der Waals surface area contributed by atoms with E-state index in [4.69, 9.17) is 9.47 Å². The summed E-state index contributed by atoms with van der Waals surface area (Å²) in [6.07, 6.45) is 1.81. The third-order valence-corrected chi connectivity index (χ3v) is 5.25. The predicted molar refractivity (Wildman–Crippen MR) is 114 cm³/mol. The van der Waals surface area contributed by atoms with E-state index in [-0.39, 0.29) is 5.91 Å². The van der Waals surface area contributed by atoms with Crippen LogP contribution in [0.3, 0.4) is 0 Å². The summed E-state index contributed by atoms with van der Waals surface area (Å²) in [7, 11) is 1.59. The normalized spacial score (nSPS) is 16.7. The summed E-state index contributed by atoms with van der Waals surface area (Å²) < 4.78 is 11.8. The molecule has 5 nitrogen and oxygen atoms in total. The fourth-order valence-electron chi connectivity index (χ4n) is 2.50. The molecule has 0 bridgehead atoms. The lowest BCUT2D eigenvalue weighted by Crippen LogP contribution is -2.19. The molecule has 0 radical (unpaired) electrons. The third kappa shape index (κ3) is 4.73. The Labute approximate surface area is 171 Å². The van der Waals surface area contributed by atoms with E-state index in [2.05, 4.69) is 26.2 Å². The number of hydrogen-bond acceptors (Lipinski definition) is 5. The molecule has 0 aliphatic carbocycles. The van der Waals surface area contributed by atoms with E-state index in [0.29, 0.717) is 28.2 Å². The molecule has 1 fully saturated rings. The molecule has 0 aromatic heterocycles. The number of carbonyl (C=O) groups is 1. The standard InChI is InChI=1S/C20H19BrN2O3S/c1-4-26-16-10-13(9-15(21)18(16)25-3)11-17-19(24)23-20(27-17)22-14-7-5-12(2)6-8-14/h5-11H,4H2,1-3H3,(H,22,23,24)/b17-11-. The highest BCUT2D eigenvalue weighted by Crippen LogP contribution is 2.38. The first kappa shape index (κ1) is 19.5. The predicted octanol–water partition coefficient (Wildman–Crippen LogP) is 5.06. The number of aryl methyl sites for hydroxylation is 1. The number of carbonyl (C=O) groups excluding carboxylic acids is 1. The molecule has 140 valence electrons. The summed E-state index contributed by atoms with van der Waals surface area (Å²) in [5.74, 6) is 1.08. The fraction of sp³-hybridized carbons (Fsp3) is 0.200. The molecule has 1 heterocycles. The van der Waals surface area contributed by atoms with E-state index in [1.165, 1.54) is 11.8 Å². The van der Waals surface area contributed by atoms with Crippen molar-refractivity contribution < 1.29 is 14.3 Å². The van der Waals surface area contributed by atoms with Gasteiger partial charge in [-0.2, -0.15) is 0 Å². The van der Waals surface area contributed by atoms with E-state index >= 15 is 0 Å². The van der Waals surface area contributed by atoms with E-state index in [0.717, 1.165) is 21.3 Å². The number of thioether (sulfide) groups is 1. The van der Waals surface area contributed by atoms with Crippen LogP contribution >= 0.6 is 27.7 Å². The maximum absolute atomic E-state index is 12.3. The van der Waals surface area contributed by atoms with Gasteiger partial charge >= 0.3 is 0 Å². The molecule has 27 heavy (non-hydrogen) atoms. The average molecular weight is 447 g/mol. The number of methoxy groups -OCH3 is 1. The van der Waals surface area contributed by atoms with Crippen LogP contribution in [-0.2, 0) is 4.79 Å². The number of hydrogen-bond donors (Lipinski definition) is 1. The van der Waals surface area contributed by atoms with Gasteiger partial charge in [0.05, 0.1) is 28.8 Å². The summed E-state index contributed by atoms with van der Waals surface area (Å²) in [5.41, 5.74) is 2.80. The first-order valence-electron chi connectivity index (χ1n) is 8.36.